The van der Waals surface area contributed by atoms with Gasteiger partial charge in [-0.05, 0) is 62.5 Å². The fourth-order valence-electron chi connectivity index (χ4n) is 5.58. The molecule has 1 aromatic carbocycles. The number of fused-ring (bicyclic) bond motifs is 1. The SMILES string of the molecule is CCCN(CCCC(C)CC)c1nc(NC2CCN(CC3=CCCC=C3)CC2)c2cc(OC)c(OC)cc2n1. The van der Waals surface area contributed by atoms with E-state index in [2.05, 4.69) is 54.1 Å². The van der Waals surface area contributed by atoms with Crippen LogP contribution in [0.2, 0.25) is 0 Å². The summed E-state index contributed by atoms with van der Waals surface area (Å²) in [4.78, 5) is 15.1. The Labute approximate surface area is 235 Å². The van der Waals surface area contributed by atoms with E-state index >= 15 is 0 Å². The summed E-state index contributed by atoms with van der Waals surface area (Å²) in [7, 11) is 3.36. The van der Waals surface area contributed by atoms with Crippen LogP contribution in [0, 0.1) is 5.92 Å². The molecule has 0 amide bonds. The highest BCUT2D eigenvalue weighted by Crippen LogP contribution is 2.36. The first kappa shape index (κ1) is 29.2. The van der Waals surface area contributed by atoms with E-state index in [1.54, 1.807) is 14.2 Å². The summed E-state index contributed by atoms with van der Waals surface area (Å²) in [5, 5.41) is 4.81. The van der Waals surface area contributed by atoms with Crippen molar-refractivity contribution in [2.45, 2.75) is 78.2 Å². The van der Waals surface area contributed by atoms with Crippen LogP contribution >= 0.6 is 0 Å². The highest BCUT2D eigenvalue weighted by molar-refractivity contribution is 5.93. The number of methoxy groups -OCH3 is 2. The van der Waals surface area contributed by atoms with Crippen molar-refractivity contribution in [3.05, 3.63) is 35.9 Å². The van der Waals surface area contributed by atoms with Gasteiger partial charge in [0.2, 0.25) is 5.95 Å². The summed E-state index contributed by atoms with van der Waals surface area (Å²) in [5.74, 6) is 3.84. The van der Waals surface area contributed by atoms with Gasteiger partial charge in [-0.1, -0.05) is 45.4 Å². The van der Waals surface area contributed by atoms with Gasteiger partial charge in [0.15, 0.2) is 11.5 Å². The molecule has 1 aliphatic heterocycles. The van der Waals surface area contributed by atoms with Crippen molar-refractivity contribution < 1.29 is 9.47 Å². The van der Waals surface area contributed by atoms with Gasteiger partial charge in [0.25, 0.3) is 0 Å². The predicted octanol–water partition coefficient (Wildman–Crippen LogP) is 6.84. The van der Waals surface area contributed by atoms with Gasteiger partial charge < -0.3 is 19.7 Å². The van der Waals surface area contributed by atoms with Gasteiger partial charge in [0.05, 0.1) is 19.7 Å². The molecule has 7 nitrogen and oxygen atoms in total. The van der Waals surface area contributed by atoms with E-state index in [-0.39, 0.29) is 0 Å². The van der Waals surface area contributed by atoms with Crippen LogP contribution in [-0.4, -0.2) is 67.9 Å². The van der Waals surface area contributed by atoms with Gasteiger partial charge in [0, 0.05) is 50.2 Å². The molecule has 2 aromatic rings. The van der Waals surface area contributed by atoms with Crippen molar-refractivity contribution in [2.24, 2.45) is 5.92 Å². The molecule has 1 unspecified atom stereocenters. The van der Waals surface area contributed by atoms with Gasteiger partial charge >= 0.3 is 0 Å². The summed E-state index contributed by atoms with van der Waals surface area (Å²) < 4.78 is 11.3. The first-order valence-electron chi connectivity index (χ1n) is 15.1. The molecule has 0 saturated carbocycles. The molecule has 1 saturated heterocycles. The normalized spacial score (nSPS) is 17.2. The minimum Gasteiger partial charge on any atom is -0.493 e. The maximum atomic E-state index is 5.64. The average Bonchev–Trinajstić information content (AvgIpc) is 2.97. The third kappa shape index (κ3) is 7.87. The lowest BCUT2D eigenvalue weighted by Gasteiger charge is -2.33. The second-order valence-electron chi connectivity index (χ2n) is 11.2. The smallest absolute Gasteiger partial charge is 0.227 e. The minimum atomic E-state index is 0.376. The van der Waals surface area contributed by atoms with Crippen molar-refractivity contribution >= 4 is 22.7 Å². The highest BCUT2D eigenvalue weighted by Gasteiger charge is 2.23. The van der Waals surface area contributed by atoms with E-state index in [4.69, 9.17) is 19.4 Å². The monoisotopic (exact) mass is 535 g/mol. The van der Waals surface area contributed by atoms with E-state index in [0.717, 1.165) is 87.0 Å². The van der Waals surface area contributed by atoms with Gasteiger partial charge in [-0.3, -0.25) is 4.90 Å². The van der Waals surface area contributed by atoms with E-state index in [9.17, 15) is 0 Å². The van der Waals surface area contributed by atoms with Crippen LogP contribution in [0.3, 0.4) is 0 Å². The number of nitrogens with one attached hydrogen (secondary N) is 1. The molecule has 1 atom stereocenters. The molecule has 1 aliphatic carbocycles. The molecule has 7 heteroatoms. The van der Waals surface area contributed by atoms with E-state index in [0.29, 0.717) is 17.5 Å². The number of hydrogen-bond donors (Lipinski definition) is 1. The van der Waals surface area contributed by atoms with Crippen LogP contribution in [0.25, 0.3) is 10.9 Å². The van der Waals surface area contributed by atoms with Crippen LogP contribution in [0.15, 0.2) is 35.9 Å². The number of anilines is 2. The van der Waals surface area contributed by atoms with Crippen LogP contribution < -0.4 is 19.7 Å². The Kier molecular flexibility index (Phi) is 10.9. The van der Waals surface area contributed by atoms with Crippen LogP contribution in [0.1, 0.15) is 72.1 Å². The molecule has 0 bridgehead atoms. The molecule has 2 heterocycles. The molecular weight excluding hydrogens is 486 g/mol. The van der Waals surface area contributed by atoms with Crippen LogP contribution in [-0.2, 0) is 0 Å². The Morgan fingerprint density at radius 2 is 1.82 bits per heavy atom. The molecule has 39 heavy (non-hydrogen) atoms. The summed E-state index contributed by atoms with van der Waals surface area (Å²) >= 11 is 0. The van der Waals surface area contributed by atoms with Gasteiger partial charge in [-0.15, -0.1) is 0 Å². The van der Waals surface area contributed by atoms with Crippen molar-refractivity contribution in [1.82, 2.24) is 14.9 Å². The number of rotatable bonds is 14. The predicted molar refractivity (Wildman–Crippen MR) is 163 cm³/mol. The number of ether oxygens (including phenoxy) is 2. The van der Waals surface area contributed by atoms with Gasteiger partial charge in [0.1, 0.15) is 5.82 Å². The molecular formula is C32H49N5O2. The minimum absolute atomic E-state index is 0.376. The Morgan fingerprint density at radius 1 is 1.05 bits per heavy atom. The third-order valence-electron chi connectivity index (χ3n) is 8.19. The number of likely N-dealkylation sites (tertiary alicyclic amines) is 1. The number of piperidine rings is 1. The first-order chi connectivity index (χ1) is 19.0. The number of allylic oxidation sites excluding steroid dienone is 2. The number of hydrogen-bond acceptors (Lipinski definition) is 7. The summed E-state index contributed by atoms with van der Waals surface area (Å²) in [6, 6.07) is 4.38. The highest BCUT2D eigenvalue weighted by atomic mass is 16.5. The van der Waals surface area contributed by atoms with Crippen LogP contribution in [0.5, 0.6) is 11.5 Å². The fourth-order valence-corrected chi connectivity index (χ4v) is 5.58. The van der Waals surface area contributed by atoms with Crippen molar-refractivity contribution in [2.75, 3.05) is 57.2 Å². The lowest BCUT2D eigenvalue weighted by molar-refractivity contribution is 0.236. The Morgan fingerprint density at radius 3 is 2.49 bits per heavy atom. The molecule has 1 aromatic heterocycles. The Bertz CT molecular complexity index is 1120. The lowest BCUT2D eigenvalue weighted by Crippen LogP contribution is -2.40. The number of nitrogens with zero attached hydrogens (tertiary/aromatic N) is 4. The van der Waals surface area contributed by atoms with Crippen molar-refractivity contribution in [1.29, 1.82) is 0 Å². The quantitative estimate of drug-likeness (QED) is 0.284. The zero-order chi connectivity index (χ0) is 27.6. The summed E-state index contributed by atoms with van der Waals surface area (Å²) in [6.07, 6.45) is 16.2. The molecule has 1 fully saturated rings. The molecule has 0 spiro atoms. The Balaban J connectivity index is 1.55. The zero-order valence-corrected chi connectivity index (χ0v) is 24.8. The third-order valence-corrected chi connectivity index (χ3v) is 8.19. The molecule has 1 N–H and O–H groups in total. The summed E-state index contributed by atoms with van der Waals surface area (Å²) in [6.45, 7) is 12.0. The number of aromatic nitrogens is 2. The standard InChI is InChI=1S/C32H49N5O2/c1-6-17-37(18-11-12-24(3)7-2)32-34-28-22-30(39-5)29(38-4)21-27(28)31(35-32)33-26-15-19-36(20-16-26)23-25-13-9-8-10-14-25/h9,13-14,21-22,24,26H,6-8,10-12,15-20,23H2,1-5H3,(H,33,34,35). The molecule has 214 valence electrons. The summed E-state index contributed by atoms with van der Waals surface area (Å²) in [5.41, 5.74) is 2.35. The number of benzene rings is 1. The fraction of sp³-hybridized carbons (Fsp3) is 0.625. The topological polar surface area (TPSA) is 62.8 Å². The maximum absolute atomic E-state index is 5.64. The van der Waals surface area contributed by atoms with Crippen molar-refractivity contribution in [3.63, 3.8) is 0 Å². The second kappa shape index (κ2) is 14.5. The largest absolute Gasteiger partial charge is 0.493 e. The molecule has 0 radical (unpaired) electrons. The molecule has 2 aliphatic rings. The van der Waals surface area contributed by atoms with Crippen LogP contribution in [0.4, 0.5) is 11.8 Å². The molecule has 4 rings (SSSR count). The van der Waals surface area contributed by atoms with E-state index < -0.39 is 0 Å². The Hall–Kier alpha value is -2.80. The second-order valence-corrected chi connectivity index (χ2v) is 11.2. The lowest BCUT2D eigenvalue weighted by atomic mass is 10.0. The maximum Gasteiger partial charge on any atom is 0.227 e. The average molecular weight is 536 g/mol. The van der Waals surface area contributed by atoms with Gasteiger partial charge in [-0.2, -0.15) is 4.98 Å². The van der Waals surface area contributed by atoms with E-state index in [1.165, 1.54) is 31.3 Å². The van der Waals surface area contributed by atoms with Crippen molar-refractivity contribution in [3.8, 4) is 11.5 Å². The van der Waals surface area contributed by atoms with Gasteiger partial charge in [-0.25, -0.2) is 4.98 Å². The zero-order valence-electron chi connectivity index (χ0n) is 24.8. The van der Waals surface area contributed by atoms with E-state index in [1.807, 2.05) is 12.1 Å². The first-order valence-corrected chi connectivity index (χ1v) is 15.1.